The number of nitrogens with one attached hydrogen (secondary N) is 2. The number of carbonyl (C=O) groups excluding carboxylic acids is 2. The average molecular weight is 539 g/mol. The van der Waals surface area contributed by atoms with Gasteiger partial charge in [-0.25, -0.2) is 21.5 Å². The van der Waals surface area contributed by atoms with Crippen molar-refractivity contribution in [2.75, 3.05) is 24.2 Å². The molecule has 2 fully saturated rings. The van der Waals surface area contributed by atoms with Crippen molar-refractivity contribution in [2.45, 2.75) is 77.2 Å². The van der Waals surface area contributed by atoms with Gasteiger partial charge in [0, 0.05) is 38.0 Å². The predicted molar refractivity (Wildman–Crippen MR) is 138 cm³/mol. The molecule has 0 bridgehead atoms. The highest BCUT2D eigenvalue weighted by molar-refractivity contribution is 7.89. The monoisotopic (exact) mass is 538 g/mol. The van der Waals surface area contributed by atoms with E-state index in [1.165, 1.54) is 11.2 Å². The smallest absolute Gasteiger partial charge is 0.253 e. The molecule has 1 spiro atoms. The first-order valence-electron chi connectivity index (χ1n) is 13.0. The van der Waals surface area contributed by atoms with Crippen LogP contribution in [0.15, 0.2) is 23.2 Å². The van der Waals surface area contributed by atoms with Crippen molar-refractivity contribution in [1.82, 2.24) is 9.62 Å². The lowest BCUT2D eigenvalue weighted by Crippen LogP contribution is -2.51. The first kappa shape index (κ1) is 27.6. The average Bonchev–Trinajstić information content (AvgIpc) is 3.14. The summed E-state index contributed by atoms with van der Waals surface area (Å²) in [6, 6.07) is 5.43. The number of alkyl halides is 2. The van der Waals surface area contributed by atoms with E-state index >= 15 is 0 Å². The summed E-state index contributed by atoms with van der Waals surface area (Å²) in [7, 11) is -3.52. The van der Waals surface area contributed by atoms with E-state index in [-0.39, 0.29) is 48.9 Å². The summed E-state index contributed by atoms with van der Waals surface area (Å²) in [6.45, 7) is 3.78. The molecule has 0 radical (unpaired) electrons. The van der Waals surface area contributed by atoms with E-state index < -0.39 is 22.0 Å². The number of hydrogen-bond acceptors (Lipinski definition) is 5. The van der Waals surface area contributed by atoms with Gasteiger partial charge in [-0.3, -0.25) is 14.6 Å². The predicted octanol–water partition coefficient (Wildman–Crippen LogP) is 3.65. The van der Waals surface area contributed by atoms with Crippen molar-refractivity contribution in [1.29, 1.82) is 0 Å². The number of nitrogens with zero attached hydrogens (tertiary/aromatic N) is 2. The highest BCUT2D eigenvalue weighted by Gasteiger charge is 2.48. The molecule has 37 heavy (non-hydrogen) atoms. The number of anilines is 1. The Morgan fingerprint density at radius 1 is 1.22 bits per heavy atom. The Hall–Kier alpha value is -2.40. The molecule has 1 saturated carbocycles. The van der Waals surface area contributed by atoms with E-state index in [2.05, 4.69) is 10.6 Å². The third kappa shape index (κ3) is 6.54. The zero-order chi connectivity index (χ0) is 26.8. The number of amidine groups is 1. The molecule has 2 heterocycles. The van der Waals surface area contributed by atoms with E-state index in [1.807, 2.05) is 19.1 Å². The van der Waals surface area contributed by atoms with E-state index in [9.17, 15) is 26.8 Å². The third-order valence-corrected chi connectivity index (χ3v) is 9.85. The quantitative estimate of drug-likeness (QED) is 0.527. The molecule has 0 atom stereocenters. The van der Waals surface area contributed by atoms with Gasteiger partial charge in [0.15, 0.2) is 0 Å². The van der Waals surface area contributed by atoms with Crippen LogP contribution in [-0.2, 0) is 26.0 Å². The third-order valence-electron chi connectivity index (χ3n) is 7.98. The molecule has 1 saturated heterocycles. The Labute approximate surface area is 217 Å². The molecule has 8 nitrogen and oxygen atoms in total. The van der Waals surface area contributed by atoms with Crippen LogP contribution in [0.1, 0.15) is 63.0 Å². The van der Waals surface area contributed by atoms with Gasteiger partial charge in [0.2, 0.25) is 22.4 Å². The molecule has 1 aromatic rings. The summed E-state index contributed by atoms with van der Waals surface area (Å²) in [5, 5.41) is 5.65. The van der Waals surface area contributed by atoms with Gasteiger partial charge >= 0.3 is 0 Å². The van der Waals surface area contributed by atoms with Crippen LogP contribution in [0.25, 0.3) is 0 Å². The molecule has 0 unspecified atom stereocenters. The molecule has 4 rings (SSSR count). The molecule has 3 aliphatic rings. The van der Waals surface area contributed by atoms with Gasteiger partial charge in [-0.05, 0) is 81.0 Å². The standard InChI is InChI=1S/C26H36F2N4O4S/c1-17-15-22(29-18(2)33)8-7-20(17)9-14-37(35,36)32-12-10-26(11-13-32)25(34)30-24(31-26)21-5-3-19(4-6-21)16-23(27)28/h7-8,15,19,21,23H,3-6,9-14,16H2,1-2H3,(H,29,33)(H,30,31,34). The Balaban J connectivity index is 1.32. The van der Waals surface area contributed by atoms with Crippen molar-refractivity contribution in [3.8, 4) is 0 Å². The van der Waals surface area contributed by atoms with Gasteiger partial charge in [0.25, 0.3) is 5.91 Å². The number of piperidine rings is 1. The van der Waals surface area contributed by atoms with Crippen molar-refractivity contribution in [2.24, 2.45) is 16.8 Å². The fraction of sp³-hybridized carbons (Fsp3) is 0.654. The van der Waals surface area contributed by atoms with E-state index in [0.29, 0.717) is 43.6 Å². The van der Waals surface area contributed by atoms with Crippen LogP contribution in [-0.4, -0.2) is 61.2 Å². The number of benzene rings is 1. The van der Waals surface area contributed by atoms with E-state index in [4.69, 9.17) is 4.99 Å². The molecule has 2 N–H and O–H groups in total. The normalized spacial score (nSPS) is 24.2. The van der Waals surface area contributed by atoms with Crippen LogP contribution in [0, 0.1) is 18.8 Å². The molecular formula is C26H36F2N4O4S. The van der Waals surface area contributed by atoms with E-state index in [0.717, 1.165) is 24.0 Å². The van der Waals surface area contributed by atoms with Crippen LogP contribution in [0.4, 0.5) is 14.5 Å². The summed E-state index contributed by atoms with van der Waals surface area (Å²) in [6.07, 6.45) is 1.54. The lowest BCUT2D eigenvalue weighted by atomic mass is 9.80. The summed E-state index contributed by atoms with van der Waals surface area (Å²) in [5.74, 6) is 0.360. The summed E-state index contributed by atoms with van der Waals surface area (Å²) in [5.41, 5.74) is 1.55. The van der Waals surface area contributed by atoms with E-state index in [1.54, 1.807) is 6.07 Å². The van der Waals surface area contributed by atoms with Crippen molar-refractivity contribution >= 4 is 33.4 Å². The van der Waals surface area contributed by atoms with Crippen molar-refractivity contribution in [3.63, 3.8) is 0 Å². The Morgan fingerprint density at radius 2 is 1.89 bits per heavy atom. The highest BCUT2D eigenvalue weighted by Crippen LogP contribution is 2.37. The Bertz CT molecular complexity index is 1160. The van der Waals surface area contributed by atoms with Gasteiger partial charge in [0.1, 0.15) is 11.4 Å². The first-order valence-corrected chi connectivity index (χ1v) is 14.6. The minimum Gasteiger partial charge on any atom is -0.326 e. The first-order chi connectivity index (χ1) is 17.5. The van der Waals surface area contributed by atoms with Crippen molar-refractivity contribution in [3.05, 3.63) is 29.3 Å². The second-order valence-corrected chi connectivity index (χ2v) is 12.7. The van der Waals surface area contributed by atoms with Crippen LogP contribution in [0.5, 0.6) is 0 Å². The number of sulfonamides is 1. The number of rotatable bonds is 8. The van der Waals surface area contributed by atoms with Gasteiger partial charge in [0.05, 0.1) is 5.75 Å². The Kier molecular flexibility index (Phi) is 8.32. The number of amides is 2. The second-order valence-electron chi connectivity index (χ2n) is 10.6. The molecule has 204 valence electrons. The Morgan fingerprint density at radius 3 is 2.49 bits per heavy atom. The van der Waals surface area contributed by atoms with Gasteiger partial charge in [-0.1, -0.05) is 6.07 Å². The maximum Gasteiger partial charge on any atom is 0.253 e. The number of aryl methyl sites for hydroxylation is 2. The fourth-order valence-corrected chi connectivity index (χ4v) is 7.23. The molecule has 2 amide bonds. The molecule has 11 heteroatoms. The minimum absolute atomic E-state index is 0.0234. The van der Waals surface area contributed by atoms with Gasteiger partial charge in [-0.2, -0.15) is 0 Å². The molecule has 2 aliphatic heterocycles. The van der Waals surface area contributed by atoms with Crippen LogP contribution in [0.2, 0.25) is 0 Å². The van der Waals surface area contributed by atoms with Gasteiger partial charge in [-0.15, -0.1) is 0 Å². The maximum absolute atomic E-state index is 13.1. The summed E-state index contributed by atoms with van der Waals surface area (Å²) >= 11 is 0. The van der Waals surface area contributed by atoms with Crippen molar-refractivity contribution < 1.29 is 26.8 Å². The molecule has 1 aromatic carbocycles. The zero-order valence-electron chi connectivity index (χ0n) is 21.4. The van der Waals surface area contributed by atoms with Gasteiger partial charge < -0.3 is 10.6 Å². The second kappa shape index (κ2) is 11.1. The number of hydrogen-bond donors (Lipinski definition) is 2. The largest absolute Gasteiger partial charge is 0.326 e. The lowest BCUT2D eigenvalue weighted by Gasteiger charge is -2.34. The molecule has 1 aliphatic carbocycles. The molecule has 0 aromatic heterocycles. The fourth-order valence-electron chi connectivity index (χ4n) is 5.76. The SMILES string of the molecule is CC(=O)Nc1ccc(CCS(=O)(=O)N2CCC3(CC2)N=C(C2CCC(CC(F)F)CC2)NC3=O)c(C)c1. The zero-order valence-corrected chi connectivity index (χ0v) is 22.3. The van der Waals surface area contributed by atoms with Crippen LogP contribution >= 0.6 is 0 Å². The molecular weight excluding hydrogens is 502 g/mol. The van der Waals surface area contributed by atoms with Crippen LogP contribution < -0.4 is 10.6 Å². The maximum atomic E-state index is 13.1. The summed E-state index contributed by atoms with van der Waals surface area (Å²) < 4.78 is 53.0. The summed E-state index contributed by atoms with van der Waals surface area (Å²) in [4.78, 5) is 28.9. The number of carbonyl (C=O) groups is 2. The number of aliphatic imine (C=N–C) groups is 1. The van der Waals surface area contributed by atoms with Crippen LogP contribution in [0.3, 0.4) is 0 Å². The topological polar surface area (TPSA) is 108 Å². The lowest BCUT2D eigenvalue weighted by molar-refractivity contribution is -0.125. The number of halogens is 2. The minimum atomic E-state index is -3.52. The highest BCUT2D eigenvalue weighted by atomic mass is 32.2.